The van der Waals surface area contributed by atoms with E-state index in [0.29, 0.717) is 29.4 Å². The zero-order chi connectivity index (χ0) is 19.9. The van der Waals surface area contributed by atoms with Gasteiger partial charge in [0.1, 0.15) is 12.4 Å². The highest BCUT2D eigenvalue weighted by Gasteiger charge is 2.34. The summed E-state index contributed by atoms with van der Waals surface area (Å²) in [5.41, 5.74) is 2.20. The number of nitrogens with zero attached hydrogens (tertiary/aromatic N) is 2. The predicted octanol–water partition coefficient (Wildman–Crippen LogP) is 3.82. The van der Waals surface area contributed by atoms with Crippen LogP contribution in [0.5, 0.6) is 5.75 Å². The zero-order valence-electron chi connectivity index (χ0n) is 15.3. The molecule has 28 heavy (non-hydrogen) atoms. The van der Waals surface area contributed by atoms with E-state index >= 15 is 0 Å². The van der Waals surface area contributed by atoms with Gasteiger partial charge in [-0.15, -0.1) is 0 Å². The molecule has 1 aliphatic heterocycles. The number of carbonyl (C=O) groups excluding carboxylic acids is 2. The van der Waals surface area contributed by atoms with Crippen molar-refractivity contribution in [3.8, 4) is 11.8 Å². The number of hydrogen-bond acceptors (Lipinski definition) is 6. The molecule has 2 amide bonds. The highest BCUT2D eigenvalue weighted by molar-refractivity contribution is 8.18. The van der Waals surface area contributed by atoms with Crippen LogP contribution in [0, 0.1) is 11.3 Å². The molecule has 1 aliphatic rings. The van der Waals surface area contributed by atoms with Crippen LogP contribution >= 0.6 is 11.8 Å². The molecule has 2 aromatic rings. The number of benzene rings is 2. The molecule has 1 saturated heterocycles. The lowest BCUT2D eigenvalue weighted by atomic mass is 10.1. The van der Waals surface area contributed by atoms with Crippen LogP contribution in [0.15, 0.2) is 53.4 Å². The summed E-state index contributed by atoms with van der Waals surface area (Å²) in [5.74, 6) is 0.346. The third kappa shape index (κ3) is 4.60. The van der Waals surface area contributed by atoms with Crippen LogP contribution in [-0.2, 0) is 16.1 Å². The van der Waals surface area contributed by atoms with E-state index in [0.717, 1.165) is 22.9 Å². The summed E-state index contributed by atoms with van der Waals surface area (Å²) in [6.45, 7) is 0.850. The Labute approximate surface area is 167 Å². The van der Waals surface area contributed by atoms with Crippen molar-refractivity contribution in [2.45, 2.75) is 6.61 Å². The molecular weight excluding hydrogens is 376 g/mol. The number of amides is 2. The first-order valence-corrected chi connectivity index (χ1v) is 9.39. The number of carbonyl (C=O) groups is 2. The Kier molecular flexibility index (Phi) is 6.48. The molecule has 0 bridgehead atoms. The largest absolute Gasteiger partial charge is 0.489 e. The molecule has 7 heteroatoms. The van der Waals surface area contributed by atoms with Crippen molar-refractivity contribution in [1.29, 1.82) is 5.26 Å². The number of rotatable bonds is 7. The lowest BCUT2D eigenvalue weighted by molar-refractivity contribution is -0.123. The molecule has 1 fully saturated rings. The van der Waals surface area contributed by atoms with Gasteiger partial charge in [0.05, 0.1) is 29.7 Å². The number of nitriles is 1. The highest BCUT2D eigenvalue weighted by atomic mass is 32.2. The number of methoxy groups -OCH3 is 1. The molecule has 0 atom stereocenters. The second kappa shape index (κ2) is 9.22. The fraction of sp³-hybridized carbons (Fsp3) is 0.190. The van der Waals surface area contributed by atoms with Crippen molar-refractivity contribution >= 4 is 29.0 Å². The number of thioether (sulfide) groups is 1. The van der Waals surface area contributed by atoms with E-state index in [9.17, 15) is 9.59 Å². The van der Waals surface area contributed by atoms with Gasteiger partial charge < -0.3 is 9.47 Å². The van der Waals surface area contributed by atoms with Gasteiger partial charge in [-0.25, -0.2) is 0 Å². The van der Waals surface area contributed by atoms with Crippen LogP contribution in [0.2, 0.25) is 0 Å². The van der Waals surface area contributed by atoms with Gasteiger partial charge >= 0.3 is 0 Å². The van der Waals surface area contributed by atoms with E-state index in [1.807, 2.05) is 30.3 Å². The lowest BCUT2D eigenvalue weighted by Crippen LogP contribution is -2.31. The minimum absolute atomic E-state index is 0.245. The second-order valence-electron chi connectivity index (χ2n) is 5.95. The highest BCUT2D eigenvalue weighted by Crippen LogP contribution is 2.32. The molecule has 2 aromatic carbocycles. The Morgan fingerprint density at radius 1 is 1.14 bits per heavy atom. The van der Waals surface area contributed by atoms with Crippen molar-refractivity contribution in [2.24, 2.45) is 0 Å². The van der Waals surface area contributed by atoms with Crippen molar-refractivity contribution in [1.82, 2.24) is 4.90 Å². The normalized spacial score (nSPS) is 15.1. The van der Waals surface area contributed by atoms with Crippen LogP contribution in [0.3, 0.4) is 0 Å². The zero-order valence-corrected chi connectivity index (χ0v) is 16.1. The van der Waals surface area contributed by atoms with Gasteiger partial charge in [-0.3, -0.25) is 14.5 Å². The van der Waals surface area contributed by atoms with E-state index < -0.39 is 0 Å². The Morgan fingerprint density at radius 3 is 2.61 bits per heavy atom. The van der Waals surface area contributed by atoms with E-state index in [1.54, 1.807) is 24.3 Å². The fourth-order valence-electron chi connectivity index (χ4n) is 2.60. The SMILES string of the molecule is COCCN1C(=O)S/C(=C/c2ccc(OCc3ccccc3C#N)cc2)C1=O. The van der Waals surface area contributed by atoms with E-state index in [-0.39, 0.29) is 17.7 Å². The molecule has 142 valence electrons. The lowest BCUT2D eigenvalue weighted by Gasteiger charge is -2.10. The molecule has 0 saturated carbocycles. The average Bonchev–Trinajstić information content (AvgIpc) is 2.98. The Morgan fingerprint density at radius 2 is 1.89 bits per heavy atom. The first kappa shape index (κ1) is 19.7. The molecule has 0 aliphatic carbocycles. The van der Waals surface area contributed by atoms with E-state index in [2.05, 4.69) is 6.07 Å². The molecule has 0 aromatic heterocycles. The number of hydrogen-bond donors (Lipinski definition) is 0. The topological polar surface area (TPSA) is 79.6 Å². The third-order valence-corrected chi connectivity index (χ3v) is 5.01. The quantitative estimate of drug-likeness (QED) is 0.664. The van der Waals surface area contributed by atoms with Crippen LogP contribution in [-0.4, -0.2) is 36.3 Å². The van der Waals surface area contributed by atoms with Crippen LogP contribution in [0.25, 0.3) is 6.08 Å². The second-order valence-corrected chi connectivity index (χ2v) is 6.95. The summed E-state index contributed by atoms with van der Waals surface area (Å²) in [6, 6.07) is 16.6. The molecule has 0 spiro atoms. The molecule has 0 unspecified atom stereocenters. The van der Waals surface area contributed by atoms with Crippen molar-refractivity contribution in [3.05, 3.63) is 70.1 Å². The van der Waals surface area contributed by atoms with Gasteiger partial charge in [0, 0.05) is 12.7 Å². The Hall–Kier alpha value is -3.08. The van der Waals surface area contributed by atoms with Gasteiger partial charge in [0.25, 0.3) is 11.1 Å². The monoisotopic (exact) mass is 394 g/mol. The third-order valence-electron chi connectivity index (χ3n) is 4.10. The van der Waals surface area contributed by atoms with Gasteiger partial charge in [-0.2, -0.15) is 5.26 Å². The smallest absolute Gasteiger partial charge is 0.293 e. The Balaban J connectivity index is 1.65. The maximum Gasteiger partial charge on any atom is 0.293 e. The summed E-state index contributed by atoms with van der Waals surface area (Å²) in [4.78, 5) is 25.8. The Bertz CT molecular complexity index is 948. The fourth-order valence-corrected chi connectivity index (χ4v) is 3.47. The molecular formula is C21H18N2O4S. The molecule has 6 nitrogen and oxygen atoms in total. The number of imide groups is 1. The van der Waals surface area contributed by atoms with Crippen LogP contribution < -0.4 is 4.74 Å². The molecule has 0 N–H and O–H groups in total. The summed E-state index contributed by atoms with van der Waals surface area (Å²) in [7, 11) is 1.53. The molecule has 3 rings (SSSR count). The van der Waals surface area contributed by atoms with Crippen molar-refractivity contribution < 1.29 is 19.1 Å². The van der Waals surface area contributed by atoms with Crippen LogP contribution in [0.1, 0.15) is 16.7 Å². The van der Waals surface area contributed by atoms with Gasteiger partial charge in [-0.1, -0.05) is 30.3 Å². The molecule has 0 radical (unpaired) electrons. The average molecular weight is 394 g/mol. The van der Waals surface area contributed by atoms with Crippen molar-refractivity contribution in [2.75, 3.05) is 20.3 Å². The summed E-state index contributed by atoms with van der Waals surface area (Å²) in [5, 5.41) is 8.83. The summed E-state index contributed by atoms with van der Waals surface area (Å²) < 4.78 is 10.7. The van der Waals surface area contributed by atoms with Crippen LogP contribution in [0.4, 0.5) is 4.79 Å². The minimum atomic E-state index is -0.305. The summed E-state index contributed by atoms with van der Waals surface area (Å²) in [6.07, 6.45) is 1.69. The number of ether oxygens (including phenoxy) is 2. The standard InChI is InChI=1S/C21H18N2O4S/c1-26-11-10-23-20(24)19(28-21(23)25)12-15-6-8-18(9-7-15)27-14-17-5-3-2-4-16(17)13-22/h2-9,12H,10-11,14H2,1H3/b19-12+. The maximum absolute atomic E-state index is 12.3. The van der Waals surface area contributed by atoms with Gasteiger partial charge in [0.2, 0.25) is 0 Å². The van der Waals surface area contributed by atoms with Gasteiger partial charge in [0.15, 0.2) is 0 Å². The van der Waals surface area contributed by atoms with Gasteiger partial charge in [-0.05, 0) is 41.6 Å². The van der Waals surface area contributed by atoms with E-state index in [1.165, 1.54) is 12.0 Å². The summed E-state index contributed by atoms with van der Waals surface area (Å²) >= 11 is 0.924. The van der Waals surface area contributed by atoms with E-state index in [4.69, 9.17) is 14.7 Å². The first-order chi connectivity index (χ1) is 13.6. The first-order valence-electron chi connectivity index (χ1n) is 8.57. The maximum atomic E-state index is 12.3. The minimum Gasteiger partial charge on any atom is -0.489 e. The van der Waals surface area contributed by atoms with Crippen molar-refractivity contribution in [3.63, 3.8) is 0 Å². The molecule has 1 heterocycles. The predicted molar refractivity (Wildman–Crippen MR) is 106 cm³/mol.